The van der Waals surface area contributed by atoms with Gasteiger partial charge in [0, 0.05) is 6.04 Å². The molecule has 0 atom stereocenters. The summed E-state index contributed by atoms with van der Waals surface area (Å²) in [5, 5.41) is 0. The van der Waals surface area contributed by atoms with E-state index in [0.717, 1.165) is 5.56 Å². The zero-order chi connectivity index (χ0) is 17.4. The van der Waals surface area contributed by atoms with Crippen LogP contribution in [0.5, 0.6) is 0 Å². The van der Waals surface area contributed by atoms with Crippen molar-refractivity contribution in [2.45, 2.75) is 63.6 Å². The minimum absolute atomic E-state index is 0.0252. The molecule has 2 rings (SSSR count). The highest BCUT2D eigenvalue weighted by Gasteiger charge is 2.42. The lowest BCUT2D eigenvalue weighted by molar-refractivity contribution is -0.182. The molecule has 3 nitrogen and oxygen atoms in total. The maximum Gasteiger partial charge on any atom is 0.391 e. The molecule has 0 amide bonds. The van der Waals surface area contributed by atoms with Crippen LogP contribution < -0.4 is 4.72 Å². The molecule has 0 aliphatic heterocycles. The van der Waals surface area contributed by atoms with Gasteiger partial charge in [0.2, 0.25) is 10.0 Å². The average Bonchev–Trinajstić information content (AvgIpc) is 2.35. The molecule has 23 heavy (non-hydrogen) atoms. The summed E-state index contributed by atoms with van der Waals surface area (Å²) in [6.07, 6.45) is -3.81. The van der Waals surface area contributed by atoms with Crippen molar-refractivity contribution in [2.24, 2.45) is 5.92 Å². The number of rotatable bonds is 3. The Balaban J connectivity index is 2.12. The van der Waals surface area contributed by atoms with Crippen molar-refractivity contribution in [1.29, 1.82) is 0 Å². The van der Waals surface area contributed by atoms with Crippen LogP contribution in [0.3, 0.4) is 0 Å². The first-order valence-electron chi connectivity index (χ1n) is 7.67. The topological polar surface area (TPSA) is 46.2 Å². The predicted molar refractivity (Wildman–Crippen MR) is 82.8 cm³/mol. The van der Waals surface area contributed by atoms with Crippen molar-refractivity contribution in [3.8, 4) is 0 Å². The Morgan fingerprint density at radius 3 is 1.91 bits per heavy atom. The lowest BCUT2D eigenvalue weighted by Crippen LogP contribution is -2.40. The third kappa shape index (κ3) is 4.26. The Hall–Kier alpha value is -1.08. The van der Waals surface area contributed by atoms with Crippen LogP contribution in [0.4, 0.5) is 13.2 Å². The van der Waals surface area contributed by atoms with Gasteiger partial charge in [-0.15, -0.1) is 0 Å². The van der Waals surface area contributed by atoms with Gasteiger partial charge in [0.05, 0.1) is 10.8 Å². The summed E-state index contributed by atoms with van der Waals surface area (Å²) in [5.41, 5.74) is 2.28. The number of aryl methyl sites for hydroxylation is 3. The number of hydrogen-bond donors (Lipinski definition) is 1. The zero-order valence-corrected chi connectivity index (χ0v) is 14.3. The van der Waals surface area contributed by atoms with E-state index in [0.29, 0.717) is 11.1 Å². The van der Waals surface area contributed by atoms with Gasteiger partial charge in [-0.2, -0.15) is 13.2 Å². The fourth-order valence-corrected chi connectivity index (χ4v) is 5.17. The molecule has 1 aliphatic rings. The Labute approximate surface area is 135 Å². The molecule has 1 aliphatic carbocycles. The van der Waals surface area contributed by atoms with Crippen LogP contribution in [0.2, 0.25) is 0 Å². The molecule has 1 saturated carbocycles. The Kier molecular flexibility index (Phi) is 5.11. The first kappa shape index (κ1) is 18.3. The summed E-state index contributed by atoms with van der Waals surface area (Å²) in [5.74, 6) is -1.31. The van der Waals surface area contributed by atoms with Crippen molar-refractivity contribution in [2.75, 3.05) is 0 Å². The number of sulfonamides is 1. The van der Waals surface area contributed by atoms with E-state index in [1.807, 2.05) is 6.92 Å². The van der Waals surface area contributed by atoms with Crippen LogP contribution >= 0.6 is 0 Å². The monoisotopic (exact) mass is 349 g/mol. The van der Waals surface area contributed by atoms with Gasteiger partial charge >= 0.3 is 6.18 Å². The SMILES string of the molecule is Cc1cc(C)c(S(=O)(=O)NC2CCC(C(F)(F)F)CC2)c(C)c1. The van der Waals surface area contributed by atoms with E-state index in [2.05, 4.69) is 4.72 Å². The normalized spacial score (nSPS) is 23.0. The van der Waals surface area contributed by atoms with Crippen LogP contribution in [-0.4, -0.2) is 20.6 Å². The minimum atomic E-state index is -4.19. The van der Waals surface area contributed by atoms with E-state index in [4.69, 9.17) is 0 Å². The van der Waals surface area contributed by atoms with Crippen molar-refractivity contribution in [1.82, 2.24) is 4.72 Å². The van der Waals surface area contributed by atoms with Crippen LogP contribution in [0.1, 0.15) is 42.4 Å². The molecule has 0 saturated heterocycles. The van der Waals surface area contributed by atoms with E-state index in [1.165, 1.54) is 0 Å². The van der Waals surface area contributed by atoms with Crippen molar-refractivity contribution in [3.63, 3.8) is 0 Å². The van der Waals surface area contributed by atoms with Crippen LogP contribution in [-0.2, 0) is 10.0 Å². The Morgan fingerprint density at radius 1 is 1.00 bits per heavy atom. The smallest absolute Gasteiger partial charge is 0.208 e. The number of nitrogens with one attached hydrogen (secondary N) is 1. The molecular formula is C16H22F3NO2S. The molecule has 0 heterocycles. The summed E-state index contributed by atoms with van der Waals surface area (Å²) in [6.45, 7) is 5.35. The molecule has 1 aromatic rings. The number of halogens is 3. The Morgan fingerprint density at radius 2 is 1.48 bits per heavy atom. The van der Waals surface area contributed by atoms with Gasteiger partial charge in [-0.1, -0.05) is 17.7 Å². The molecule has 0 radical (unpaired) electrons. The van der Waals surface area contributed by atoms with Crippen LogP contribution in [0.15, 0.2) is 17.0 Å². The third-order valence-corrected chi connectivity index (χ3v) is 6.21. The first-order chi connectivity index (χ1) is 10.5. The van der Waals surface area contributed by atoms with E-state index >= 15 is 0 Å². The molecular weight excluding hydrogens is 327 g/mol. The quantitative estimate of drug-likeness (QED) is 0.896. The summed E-state index contributed by atoms with van der Waals surface area (Å²) < 4.78 is 65.8. The summed E-state index contributed by atoms with van der Waals surface area (Å²) >= 11 is 0. The third-order valence-electron chi connectivity index (χ3n) is 4.39. The van der Waals surface area contributed by atoms with Gasteiger partial charge in [-0.3, -0.25) is 0 Å². The minimum Gasteiger partial charge on any atom is -0.208 e. The second-order valence-electron chi connectivity index (χ2n) is 6.44. The van der Waals surface area contributed by atoms with E-state index in [-0.39, 0.29) is 30.6 Å². The van der Waals surface area contributed by atoms with Crippen LogP contribution in [0, 0.1) is 26.7 Å². The van der Waals surface area contributed by atoms with Crippen molar-refractivity contribution >= 4 is 10.0 Å². The molecule has 0 bridgehead atoms. The predicted octanol–water partition coefficient (Wildman–Crippen LogP) is 4.01. The maximum atomic E-state index is 12.7. The molecule has 7 heteroatoms. The lowest BCUT2D eigenvalue weighted by atomic mass is 9.86. The highest BCUT2D eigenvalue weighted by molar-refractivity contribution is 7.89. The molecule has 130 valence electrons. The van der Waals surface area contributed by atoms with Gasteiger partial charge < -0.3 is 0 Å². The van der Waals surface area contributed by atoms with Crippen molar-refractivity contribution in [3.05, 3.63) is 28.8 Å². The number of alkyl halides is 3. The fourth-order valence-electron chi connectivity index (χ4n) is 3.41. The summed E-state index contributed by atoms with van der Waals surface area (Å²) in [7, 11) is -3.72. The highest BCUT2D eigenvalue weighted by atomic mass is 32.2. The lowest BCUT2D eigenvalue weighted by Gasteiger charge is -2.30. The zero-order valence-electron chi connectivity index (χ0n) is 13.5. The standard InChI is InChI=1S/C16H22F3NO2S/c1-10-8-11(2)15(12(3)9-10)23(21,22)20-14-6-4-13(5-7-14)16(17,18)19/h8-9,13-14,20H,4-7H2,1-3H3. The molecule has 0 unspecified atom stereocenters. The second-order valence-corrected chi connectivity index (χ2v) is 8.09. The summed E-state index contributed by atoms with van der Waals surface area (Å²) in [6, 6.07) is 3.16. The molecule has 0 aromatic heterocycles. The average molecular weight is 349 g/mol. The van der Waals surface area contributed by atoms with Gasteiger partial charge in [0.1, 0.15) is 0 Å². The van der Waals surface area contributed by atoms with Gasteiger partial charge in [-0.25, -0.2) is 13.1 Å². The van der Waals surface area contributed by atoms with Crippen LogP contribution in [0.25, 0.3) is 0 Å². The van der Waals surface area contributed by atoms with Gasteiger partial charge in [0.15, 0.2) is 0 Å². The largest absolute Gasteiger partial charge is 0.391 e. The maximum absolute atomic E-state index is 12.7. The van der Waals surface area contributed by atoms with E-state index < -0.39 is 28.2 Å². The highest BCUT2D eigenvalue weighted by Crippen LogP contribution is 2.37. The van der Waals surface area contributed by atoms with Crippen molar-refractivity contribution < 1.29 is 21.6 Å². The van der Waals surface area contributed by atoms with E-state index in [1.54, 1.807) is 26.0 Å². The number of benzene rings is 1. The molecule has 0 spiro atoms. The molecule has 1 aromatic carbocycles. The second kappa shape index (κ2) is 6.43. The molecule has 1 N–H and O–H groups in total. The Bertz CT molecular complexity index is 652. The van der Waals surface area contributed by atoms with E-state index in [9.17, 15) is 21.6 Å². The van der Waals surface area contributed by atoms with Gasteiger partial charge in [0.25, 0.3) is 0 Å². The fraction of sp³-hybridized carbons (Fsp3) is 0.625. The summed E-state index contributed by atoms with van der Waals surface area (Å²) in [4.78, 5) is 0.237. The number of hydrogen-bond acceptors (Lipinski definition) is 2. The molecule has 1 fully saturated rings. The first-order valence-corrected chi connectivity index (χ1v) is 9.16. The van der Waals surface area contributed by atoms with Gasteiger partial charge in [-0.05, 0) is 57.6 Å².